The van der Waals surface area contributed by atoms with Crippen LogP contribution in [0.4, 0.5) is 0 Å². The molecule has 11 aromatic rings. The molecule has 0 spiro atoms. The van der Waals surface area contributed by atoms with Crippen molar-refractivity contribution in [3.8, 4) is 62.1 Å². The van der Waals surface area contributed by atoms with Crippen LogP contribution in [0.5, 0.6) is 0 Å². The van der Waals surface area contributed by atoms with E-state index in [9.17, 15) is 0 Å². The first-order valence-corrected chi connectivity index (χ1v) is 18.8. The third-order valence-corrected chi connectivity index (χ3v) is 10.7. The van der Waals surface area contributed by atoms with E-state index in [2.05, 4.69) is 156 Å². The third kappa shape index (κ3) is 5.29. The molecule has 0 aliphatic heterocycles. The lowest BCUT2D eigenvalue weighted by Gasteiger charge is -2.12. The number of benzene rings is 8. The summed E-state index contributed by atoms with van der Waals surface area (Å²) in [5.41, 5.74) is 12.2. The lowest BCUT2D eigenvalue weighted by atomic mass is 9.96. The minimum Gasteiger partial charge on any atom is -0.455 e. The van der Waals surface area contributed by atoms with Crippen LogP contribution in [0.1, 0.15) is 0 Å². The van der Waals surface area contributed by atoms with Gasteiger partial charge in [-0.1, -0.05) is 170 Å². The summed E-state index contributed by atoms with van der Waals surface area (Å²) >= 11 is 0. The van der Waals surface area contributed by atoms with Crippen molar-refractivity contribution in [3.05, 3.63) is 194 Å². The van der Waals surface area contributed by atoms with Crippen LogP contribution in [0.25, 0.3) is 106 Å². The van der Waals surface area contributed by atoms with Crippen LogP contribution in [0.3, 0.4) is 0 Å². The van der Waals surface area contributed by atoms with Crippen molar-refractivity contribution in [3.63, 3.8) is 0 Å². The quantitative estimate of drug-likeness (QED) is 0.172. The number of aromatic nitrogens is 4. The van der Waals surface area contributed by atoms with Gasteiger partial charge in [0.15, 0.2) is 11.6 Å². The monoisotopic (exact) mass is 716 g/mol. The number of para-hydroxylation sites is 2. The van der Waals surface area contributed by atoms with Crippen molar-refractivity contribution < 1.29 is 4.42 Å². The molecule has 11 rings (SSSR count). The lowest BCUT2D eigenvalue weighted by Crippen LogP contribution is -2.06. The van der Waals surface area contributed by atoms with Crippen LogP contribution < -0.4 is 0 Å². The molecule has 0 radical (unpaired) electrons. The van der Waals surface area contributed by atoms with E-state index in [1.54, 1.807) is 0 Å². The van der Waals surface area contributed by atoms with Gasteiger partial charge in [0.1, 0.15) is 11.2 Å². The molecule has 0 aliphatic rings. The second-order valence-corrected chi connectivity index (χ2v) is 14.0. The Labute approximate surface area is 322 Å². The summed E-state index contributed by atoms with van der Waals surface area (Å²) in [6.07, 6.45) is 0. The van der Waals surface area contributed by atoms with Gasteiger partial charge in [0.05, 0.1) is 11.0 Å². The van der Waals surface area contributed by atoms with E-state index in [-0.39, 0.29) is 0 Å². The van der Waals surface area contributed by atoms with Crippen LogP contribution in [-0.2, 0) is 0 Å². The van der Waals surface area contributed by atoms with E-state index in [1.807, 2.05) is 42.5 Å². The molecule has 0 atom stereocenters. The fourth-order valence-corrected chi connectivity index (χ4v) is 8.07. The molecule has 0 aliphatic carbocycles. The highest BCUT2D eigenvalue weighted by Gasteiger charge is 2.20. The van der Waals surface area contributed by atoms with Crippen molar-refractivity contribution in [2.75, 3.05) is 0 Å². The first kappa shape index (κ1) is 31.9. The Kier molecular flexibility index (Phi) is 7.42. The molecule has 0 saturated carbocycles. The molecule has 0 amide bonds. The Balaban J connectivity index is 1.11. The average molecular weight is 717 g/mol. The summed E-state index contributed by atoms with van der Waals surface area (Å²) in [5.74, 6) is 1.76. The standard InChI is InChI=1S/C51H32N4O/c1-4-15-33(16-5-1)36-29-30-42-41-23-10-11-27-44(41)55(45(42)32-36)51-53-49(35-19-8-3-9-20-35)52-50(54-51)38-22-12-21-37(31-38)39-24-14-28-46-47(39)43-26-13-25-40(48(43)56-46)34-17-6-2-7-18-34/h1-32H. The molecule has 0 saturated heterocycles. The van der Waals surface area contributed by atoms with Crippen molar-refractivity contribution >= 4 is 43.7 Å². The molecular weight excluding hydrogens is 685 g/mol. The van der Waals surface area contributed by atoms with Crippen LogP contribution in [0, 0.1) is 0 Å². The second-order valence-electron chi connectivity index (χ2n) is 14.0. The fourth-order valence-electron chi connectivity index (χ4n) is 8.07. The highest BCUT2D eigenvalue weighted by Crippen LogP contribution is 2.41. The molecule has 0 fully saturated rings. The zero-order chi connectivity index (χ0) is 37.0. The summed E-state index contributed by atoms with van der Waals surface area (Å²) in [6, 6.07) is 67.3. The Hall–Kier alpha value is -7.63. The molecule has 3 aromatic heterocycles. The van der Waals surface area contributed by atoms with Gasteiger partial charge in [-0.15, -0.1) is 0 Å². The largest absolute Gasteiger partial charge is 0.455 e. The molecular formula is C51H32N4O. The molecule has 5 heteroatoms. The van der Waals surface area contributed by atoms with E-state index in [0.717, 1.165) is 88.3 Å². The van der Waals surface area contributed by atoms with Gasteiger partial charge >= 0.3 is 0 Å². The van der Waals surface area contributed by atoms with Crippen LogP contribution in [-0.4, -0.2) is 19.5 Å². The minimum atomic E-state index is 0.562. The van der Waals surface area contributed by atoms with Gasteiger partial charge in [-0.25, -0.2) is 4.98 Å². The van der Waals surface area contributed by atoms with Crippen molar-refractivity contribution in [2.24, 2.45) is 0 Å². The average Bonchev–Trinajstić information content (AvgIpc) is 3.83. The van der Waals surface area contributed by atoms with E-state index < -0.39 is 0 Å². The van der Waals surface area contributed by atoms with Crippen LogP contribution in [0.15, 0.2) is 199 Å². The van der Waals surface area contributed by atoms with E-state index >= 15 is 0 Å². The summed E-state index contributed by atoms with van der Waals surface area (Å²) in [7, 11) is 0. The van der Waals surface area contributed by atoms with E-state index in [1.165, 1.54) is 0 Å². The fraction of sp³-hybridized carbons (Fsp3) is 0. The predicted octanol–water partition coefficient (Wildman–Crippen LogP) is 13.2. The summed E-state index contributed by atoms with van der Waals surface area (Å²) in [5, 5.41) is 4.44. The first-order chi connectivity index (χ1) is 27.8. The zero-order valence-corrected chi connectivity index (χ0v) is 30.2. The summed E-state index contributed by atoms with van der Waals surface area (Å²) in [4.78, 5) is 15.6. The Morgan fingerprint density at radius 3 is 1.75 bits per heavy atom. The van der Waals surface area contributed by atoms with Gasteiger partial charge in [0, 0.05) is 38.2 Å². The van der Waals surface area contributed by atoms with Crippen molar-refractivity contribution in [1.82, 2.24) is 19.5 Å². The van der Waals surface area contributed by atoms with Gasteiger partial charge in [-0.05, 0) is 52.1 Å². The minimum absolute atomic E-state index is 0.562. The van der Waals surface area contributed by atoms with E-state index in [4.69, 9.17) is 19.4 Å². The number of furan rings is 1. The number of hydrogen-bond acceptors (Lipinski definition) is 4. The summed E-state index contributed by atoms with van der Waals surface area (Å²) < 4.78 is 8.79. The van der Waals surface area contributed by atoms with Gasteiger partial charge < -0.3 is 4.42 Å². The van der Waals surface area contributed by atoms with Crippen molar-refractivity contribution in [1.29, 1.82) is 0 Å². The normalized spacial score (nSPS) is 11.6. The highest BCUT2D eigenvalue weighted by molar-refractivity contribution is 6.15. The molecule has 0 bridgehead atoms. The third-order valence-electron chi connectivity index (χ3n) is 10.7. The Bertz CT molecular complexity index is 3240. The van der Waals surface area contributed by atoms with Crippen LogP contribution in [0.2, 0.25) is 0 Å². The van der Waals surface area contributed by atoms with Gasteiger partial charge in [-0.2, -0.15) is 9.97 Å². The molecule has 5 nitrogen and oxygen atoms in total. The topological polar surface area (TPSA) is 56.7 Å². The zero-order valence-electron chi connectivity index (χ0n) is 30.2. The number of hydrogen-bond donors (Lipinski definition) is 0. The Morgan fingerprint density at radius 1 is 0.357 bits per heavy atom. The number of rotatable bonds is 6. The maximum Gasteiger partial charge on any atom is 0.238 e. The smallest absolute Gasteiger partial charge is 0.238 e. The maximum atomic E-state index is 6.61. The van der Waals surface area contributed by atoms with Crippen LogP contribution >= 0.6 is 0 Å². The predicted molar refractivity (Wildman–Crippen MR) is 229 cm³/mol. The SMILES string of the molecule is c1ccc(-c2ccc3c4ccccc4n(-c4nc(-c5ccccc5)nc(-c5cccc(-c6cccc7oc8c(-c9ccccc9)cccc8c67)c5)n4)c3c2)cc1. The Morgan fingerprint density at radius 2 is 0.946 bits per heavy atom. The molecule has 8 aromatic carbocycles. The van der Waals surface area contributed by atoms with Crippen molar-refractivity contribution in [2.45, 2.75) is 0 Å². The summed E-state index contributed by atoms with van der Waals surface area (Å²) in [6.45, 7) is 0. The molecule has 0 unspecified atom stereocenters. The van der Waals surface area contributed by atoms with Gasteiger partial charge in [-0.3, -0.25) is 4.57 Å². The molecule has 56 heavy (non-hydrogen) atoms. The number of nitrogens with zero attached hydrogens (tertiary/aromatic N) is 4. The molecule has 262 valence electrons. The maximum absolute atomic E-state index is 6.61. The molecule has 3 heterocycles. The number of fused-ring (bicyclic) bond motifs is 6. The molecule has 0 N–H and O–H groups in total. The lowest BCUT2D eigenvalue weighted by molar-refractivity contribution is 0.670. The van der Waals surface area contributed by atoms with Gasteiger partial charge in [0.2, 0.25) is 5.95 Å². The van der Waals surface area contributed by atoms with E-state index in [0.29, 0.717) is 17.6 Å². The second kappa shape index (κ2) is 13.0. The van der Waals surface area contributed by atoms with Gasteiger partial charge in [0.25, 0.3) is 0 Å². The first-order valence-electron chi connectivity index (χ1n) is 18.8. The highest BCUT2D eigenvalue weighted by atomic mass is 16.3.